The minimum atomic E-state index is -0.147. The molecule has 0 radical (unpaired) electrons. The molecular weight excluding hydrogens is 225 g/mol. The molecule has 1 aliphatic rings. The normalized spacial score (nSPS) is 20.6. The molecule has 1 aliphatic carbocycles. The summed E-state index contributed by atoms with van der Waals surface area (Å²) in [6.07, 6.45) is 6.80. The summed E-state index contributed by atoms with van der Waals surface area (Å²) in [5.41, 5.74) is 1.04. The van der Waals surface area contributed by atoms with Crippen LogP contribution in [-0.4, -0.2) is 6.04 Å². The van der Waals surface area contributed by atoms with E-state index in [9.17, 15) is 4.39 Å². The molecule has 0 spiro atoms. The molecule has 1 N–H and O–H groups in total. The summed E-state index contributed by atoms with van der Waals surface area (Å²) in [5, 5.41) is 3.63. The van der Waals surface area contributed by atoms with Gasteiger partial charge in [0.2, 0.25) is 0 Å². The molecule has 100 valence electrons. The quantitative estimate of drug-likeness (QED) is 0.831. The molecule has 1 fully saturated rings. The van der Waals surface area contributed by atoms with Gasteiger partial charge in [-0.15, -0.1) is 0 Å². The molecule has 0 aliphatic heterocycles. The van der Waals surface area contributed by atoms with Gasteiger partial charge in [0.1, 0.15) is 5.82 Å². The first-order chi connectivity index (χ1) is 8.66. The van der Waals surface area contributed by atoms with E-state index < -0.39 is 0 Å². The van der Waals surface area contributed by atoms with Crippen LogP contribution in [0, 0.1) is 11.7 Å². The van der Waals surface area contributed by atoms with Gasteiger partial charge in [0.25, 0.3) is 0 Å². The second-order valence-electron chi connectivity index (χ2n) is 5.63. The SMILES string of the molecule is CC(N[C@H](C)C1CCCCC1)c1cccc(F)c1. The van der Waals surface area contributed by atoms with E-state index in [2.05, 4.69) is 19.2 Å². The molecule has 0 bridgehead atoms. The lowest BCUT2D eigenvalue weighted by Gasteiger charge is -2.30. The second-order valence-corrected chi connectivity index (χ2v) is 5.63. The van der Waals surface area contributed by atoms with Crippen LogP contribution in [0.3, 0.4) is 0 Å². The van der Waals surface area contributed by atoms with Crippen molar-refractivity contribution in [2.45, 2.75) is 58.0 Å². The van der Waals surface area contributed by atoms with Gasteiger partial charge in [-0.3, -0.25) is 0 Å². The van der Waals surface area contributed by atoms with Crippen LogP contribution in [0.5, 0.6) is 0 Å². The van der Waals surface area contributed by atoms with Gasteiger partial charge in [-0.25, -0.2) is 4.39 Å². The average molecular weight is 249 g/mol. The van der Waals surface area contributed by atoms with Gasteiger partial charge in [-0.2, -0.15) is 0 Å². The maximum absolute atomic E-state index is 13.2. The van der Waals surface area contributed by atoms with Crippen LogP contribution in [-0.2, 0) is 0 Å². The van der Waals surface area contributed by atoms with Gasteiger partial charge in [0.15, 0.2) is 0 Å². The van der Waals surface area contributed by atoms with Gasteiger partial charge in [-0.1, -0.05) is 31.4 Å². The summed E-state index contributed by atoms with van der Waals surface area (Å²) < 4.78 is 13.2. The third-order valence-electron chi connectivity index (χ3n) is 4.22. The first kappa shape index (κ1) is 13.5. The largest absolute Gasteiger partial charge is 0.307 e. The van der Waals surface area contributed by atoms with E-state index in [1.807, 2.05) is 6.07 Å². The van der Waals surface area contributed by atoms with Crippen LogP contribution < -0.4 is 5.32 Å². The Morgan fingerprint density at radius 3 is 2.56 bits per heavy atom. The van der Waals surface area contributed by atoms with E-state index in [1.165, 1.54) is 38.2 Å². The lowest BCUT2D eigenvalue weighted by atomic mass is 9.84. The highest BCUT2D eigenvalue weighted by Gasteiger charge is 2.21. The maximum atomic E-state index is 13.2. The minimum Gasteiger partial charge on any atom is -0.307 e. The highest BCUT2D eigenvalue weighted by atomic mass is 19.1. The van der Waals surface area contributed by atoms with E-state index in [0.29, 0.717) is 6.04 Å². The van der Waals surface area contributed by atoms with Gasteiger partial charge >= 0.3 is 0 Å². The topological polar surface area (TPSA) is 12.0 Å². The predicted octanol–water partition coefficient (Wildman–Crippen LogP) is 4.45. The Bertz CT molecular complexity index is 371. The van der Waals surface area contributed by atoms with Crippen molar-refractivity contribution in [1.82, 2.24) is 5.32 Å². The number of nitrogens with one attached hydrogen (secondary N) is 1. The number of hydrogen-bond donors (Lipinski definition) is 1. The Morgan fingerprint density at radius 2 is 1.89 bits per heavy atom. The molecule has 0 aromatic heterocycles. The zero-order valence-electron chi connectivity index (χ0n) is 11.5. The van der Waals surface area contributed by atoms with Crippen molar-refractivity contribution in [1.29, 1.82) is 0 Å². The van der Waals surface area contributed by atoms with Crippen molar-refractivity contribution >= 4 is 0 Å². The molecule has 1 saturated carbocycles. The zero-order chi connectivity index (χ0) is 13.0. The molecule has 1 aromatic carbocycles. The van der Waals surface area contributed by atoms with Crippen LogP contribution >= 0.6 is 0 Å². The van der Waals surface area contributed by atoms with E-state index in [1.54, 1.807) is 12.1 Å². The lowest BCUT2D eigenvalue weighted by molar-refractivity contribution is 0.268. The van der Waals surface area contributed by atoms with E-state index >= 15 is 0 Å². The fourth-order valence-electron chi connectivity index (χ4n) is 3.04. The van der Waals surface area contributed by atoms with Crippen molar-refractivity contribution < 1.29 is 4.39 Å². The summed E-state index contributed by atoms with van der Waals surface area (Å²) in [5.74, 6) is 0.640. The highest BCUT2D eigenvalue weighted by Crippen LogP contribution is 2.27. The number of benzene rings is 1. The minimum absolute atomic E-state index is 0.147. The smallest absolute Gasteiger partial charge is 0.123 e. The van der Waals surface area contributed by atoms with Gasteiger partial charge in [-0.05, 0) is 50.3 Å². The number of halogens is 1. The Kier molecular flexibility index (Phi) is 4.76. The molecule has 0 amide bonds. The average Bonchev–Trinajstić information content (AvgIpc) is 2.39. The molecule has 2 atom stereocenters. The Labute approximate surface area is 110 Å². The highest BCUT2D eigenvalue weighted by molar-refractivity contribution is 5.19. The summed E-state index contributed by atoms with van der Waals surface area (Å²) >= 11 is 0. The molecule has 1 aromatic rings. The summed E-state index contributed by atoms with van der Waals surface area (Å²) in [4.78, 5) is 0. The molecule has 1 nitrogen and oxygen atoms in total. The van der Waals surface area contributed by atoms with Crippen LogP contribution in [0.25, 0.3) is 0 Å². The van der Waals surface area contributed by atoms with Crippen molar-refractivity contribution in [3.8, 4) is 0 Å². The molecule has 2 rings (SSSR count). The molecule has 0 heterocycles. The Morgan fingerprint density at radius 1 is 1.17 bits per heavy atom. The number of rotatable bonds is 4. The standard InChI is InChI=1S/C16H24FN/c1-12(14-7-4-3-5-8-14)18-13(2)15-9-6-10-16(17)11-15/h6,9-14,18H,3-5,7-8H2,1-2H3/t12-,13?/m1/s1. The maximum Gasteiger partial charge on any atom is 0.123 e. The fraction of sp³-hybridized carbons (Fsp3) is 0.625. The van der Waals surface area contributed by atoms with Crippen molar-refractivity contribution in [2.75, 3.05) is 0 Å². The molecule has 18 heavy (non-hydrogen) atoms. The van der Waals surface area contributed by atoms with E-state index in [4.69, 9.17) is 0 Å². The summed E-state index contributed by atoms with van der Waals surface area (Å²) in [7, 11) is 0. The van der Waals surface area contributed by atoms with Crippen LogP contribution in [0.15, 0.2) is 24.3 Å². The third-order valence-corrected chi connectivity index (χ3v) is 4.22. The van der Waals surface area contributed by atoms with Crippen LogP contribution in [0.4, 0.5) is 4.39 Å². The molecule has 0 saturated heterocycles. The van der Waals surface area contributed by atoms with E-state index in [-0.39, 0.29) is 11.9 Å². The molecule has 1 unspecified atom stereocenters. The van der Waals surface area contributed by atoms with Gasteiger partial charge < -0.3 is 5.32 Å². The first-order valence-corrected chi connectivity index (χ1v) is 7.18. The predicted molar refractivity (Wildman–Crippen MR) is 74.0 cm³/mol. The van der Waals surface area contributed by atoms with Crippen molar-refractivity contribution in [2.24, 2.45) is 5.92 Å². The van der Waals surface area contributed by atoms with Gasteiger partial charge in [0, 0.05) is 12.1 Å². The summed E-state index contributed by atoms with van der Waals surface area (Å²) in [6.45, 7) is 4.39. The molecular formula is C16H24FN. The third kappa shape index (κ3) is 3.55. The monoisotopic (exact) mass is 249 g/mol. The Hall–Kier alpha value is -0.890. The van der Waals surface area contributed by atoms with Crippen LogP contribution in [0.1, 0.15) is 57.6 Å². The first-order valence-electron chi connectivity index (χ1n) is 7.18. The lowest BCUT2D eigenvalue weighted by Crippen LogP contribution is -2.36. The summed E-state index contributed by atoms with van der Waals surface area (Å²) in [6, 6.07) is 7.65. The zero-order valence-corrected chi connectivity index (χ0v) is 11.5. The number of hydrogen-bond acceptors (Lipinski definition) is 1. The Balaban J connectivity index is 1.91. The van der Waals surface area contributed by atoms with Gasteiger partial charge in [0.05, 0.1) is 0 Å². The van der Waals surface area contributed by atoms with Crippen LogP contribution in [0.2, 0.25) is 0 Å². The van der Waals surface area contributed by atoms with Crippen molar-refractivity contribution in [3.63, 3.8) is 0 Å². The molecule has 2 heteroatoms. The second kappa shape index (κ2) is 6.33. The fourth-order valence-corrected chi connectivity index (χ4v) is 3.04. The van der Waals surface area contributed by atoms with Crippen molar-refractivity contribution in [3.05, 3.63) is 35.6 Å². The van der Waals surface area contributed by atoms with E-state index in [0.717, 1.165) is 11.5 Å².